The molecule has 10 heteroatoms. The molecule has 0 spiro atoms. The highest BCUT2D eigenvalue weighted by atomic mass is 35.5. The van der Waals surface area contributed by atoms with Gasteiger partial charge in [-0.1, -0.05) is 30.0 Å². The van der Waals surface area contributed by atoms with Crippen molar-refractivity contribution in [3.63, 3.8) is 0 Å². The van der Waals surface area contributed by atoms with E-state index in [0.717, 1.165) is 18.4 Å². The Morgan fingerprint density at radius 2 is 2.00 bits per heavy atom. The lowest BCUT2D eigenvalue weighted by Gasteiger charge is -2.38. The number of piperidine rings is 1. The van der Waals surface area contributed by atoms with Gasteiger partial charge in [-0.05, 0) is 37.0 Å². The molecule has 2 fully saturated rings. The topological polar surface area (TPSA) is 92.5 Å². The van der Waals surface area contributed by atoms with Gasteiger partial charge in [0.2, 0.25) is 0 Å². The van der Waals surface area contributed by atoms with E-state index in [2.05, 4.69) is 4.98 Å². The molecule has 7 nitrogen and oxygen atoms in total. The Hall–Kier alpha value is -2.49. The fourth-order valence-electron chi connectivity index (χ4n) is 4.30. The summed E-state index contributed by atoms with van der Waals surface area (Å²) in [7, 11) is 0. The number of carbonyl (C=O) groups is 3. The van der Waals surface area contributed by atoms with Crippen molar-refractivity contribution in [3.8, 4) is 0 Å². The second kappa shape index (κ2) is 11.3. The third-order valence-corrected chi connectivity index (χ3v) is 7.12. The molecule has 1 saturated carbocycles. The molecule has 0 amide bonds. The van der Waals surface area contributed by atoms with Crippen LogP contribution < -0.4 is 0 Å². The molecule has 182 valence electrons. The van der Waals surface area contributed by atoms with Crippen molar-refractivity contribution in [2.75, 3.05) is 13.1 Å². The average molecular weight is 508 g/mol. The molecule has 2 unspecified atom stereocenters. The van der Waals surface area contributed by atoms with E-state index in [1.165, 1.54) is 35.5 Å². The molecule has 1 saturated heterocycles. The summed E-state index contributed by atoms with van der Waals surface area (Å²) in [4.78, 5) is 42.6. The Balaban J connectivity index is 0.00000324. The van der Waals surface area contributed by atoms with Crippen LogP contribution in [0, 0.1) is 11.7 Å². The van der Waals surface area contributed by atoms with Crippen LogP contribution in [0.5, 0.6) is 0 Å². The number of carboxylic acids is 1. The summed E-state index contributed by atoms with van der Waals surface area (Å²) in [6.45, 7) is 2.19. The lowest BCUT2D eigenvalue weighted by molar-refractivity contribution is -0.137. The van der Waals surface area contributed by atoms with Crippen molar-refractivity contribution in [1.82, 2.24) is 14.5 Å². The summed E-state index contributed by atoms with van der Waals surface area (Å²) in [5.41, 5.74) is 1.24. The Kier molecular flexibility index (Phi) is 8.67. The van der Waals surface area contributed by atoms with Gasteiger partial charge < -0.3 is 9.67 Å². The van der Waals surface area contributed by atoms with Crippen molar-refractivity contribution in [3.05, 3.63) is 59.4 Å². The number of benzene rings is 1. The third-order valence-electron chi connectivity index (χ3n) is 5.97. The lowest BCUT2D eigenvalue weighted by atomic mass is 9.93. The van der Waals surface area contributed by atoms with Crippen LogP contribution in [0.3, 0.4) is 0 Å². The van der Waals surface area contributed by atoms with Crippen LogP contribution in [0.15, 0.2) is 42.2 Å². The number of aromatic nitrogens is 2. The molecule has 2 atom stereocenters. The zero-order chi connectivity index (χ0) is 23.5. The normalized spacial score (nSPS) is 20.5. The van der Waals surface area contributed by atoms with Gasteiger partial charge >= 0.3 is 5.97 Å². The van der Waals surface area contributed by atoms with Crippen LogP contribution in [0.4, 0.5) is 4.39 Å². The van der Waals surface area contributed by atoms with Crippen LogP contribution in [-0.2, 0) is 20.9 Å². The number of Topliss-reactive ketones (excluding diaryl/α,β-unsaturated/α-hetero) is 1. The molecular weight excluding hydrogens is 481 g/mol. The first-order chi connectivity index (χ1) is 15.8. The van der Waals surface area contributed by atoms with Gasteiger partial charge in [0, 0.05) is 49.1 Å². The number of carbonyl (C=O) groups excluding carboxylic acids is 2. The maximum Gasteiger partial charge on any atom is 0.323 e. The standard InChI is InChI=1S/C24H26FN3O4S.ClH/c1-15(29)33-20-8-10-28(13-17(20)12-21-26-9-11-27(21)14-22(30)31)23(24(32)16-6-7-16)18-4-2-3-5-19(18)25;/h2-5,9,11-12,16,20,23H,6-8,10,13-14H2,1H3,(H,30,31);1H/b17-12+;. The third kappa shape index (κ3) is 6.14. The molecule has 1 aromatic heterocycles. The summed E-state index contributed by atoms with van der Waals surface area (Å²) in [5, 5.41) is 9.03. The lowest BCUT2D eigenvalue weighted by Crippen LogP contribution is -2.43. The Morgan fingerprint density at radius 1 is 1.26 bits per heavy atom. The molecular formula is C24H27ClFN3O4S. The van der Waals surface area contributed by atoms with E-state index in [4.69, 9.17) is 0 Å². The van der Waals surface area contributed by atoms with Gasteiger partial charge in [-0.2, -0.15) is 0 Å². The number of hydrogen-bond donors (Lipinski definition) is 1. The molecule has 4 rings (SSSR count). The Morgan fingerprint density at radius 3 is 2.65 bits per heavy atom. The molecule has 2 aromatic rings. The van der Waals surface area contributed by atoms with E-state index in [0.29, 0.717) is 30.9 Å². The first-order valence-electron chi connectivity index (χ1n) is 11.0. The van der Waals surface area contributed by atoms with Crippen molar-refractivity contribution in [2.24, 2.45) is 5.92 Å². The summed E-state index contributed by atoms with van der Waals surface area (Å²) < 4.78 is 16.3. The fraction of sp³-hybridized carbons (Fsp3) is 0.417. The summed E-state index contributed by atoms with van der Waals surface area (Å²) in [6, 6.07) is 5.70. The first-order valence-corrected chi connectivity index (χ1v) is 11.8. The zero-order valence-electron chi connectivity index (χ0n) is 18.7. The number of halogens is 2. The Bertz CT molecular complexity index is 1100. The number of carboxylic acid groups (broad SMARTS) is 1. The highest BCUT2D eigenvalue weighted by Gasteiger charge is 2.41. The molecule has 2 aliphatic rings. The zero-order valence-corrected chi connectivity index (χ0v) is 20.4. The highest BCUT2D eigenvalue weighted by molar-refractivity contribution is 8.14. The van der Waals surface area contributed by atoms with E-state index >= 15 is 0 Å². The molecule has 0 bridgehead atoms. The minimum atomic E-state index is -0.984. The van der Waals surface area contributed by atoms with E-state index in [9.17, 15) is 23.9 Å². The molecule has 1 aliphatic heterocycles. The molecule has 0 radical (unpaired) electrons. The van der Waals surface area contributed by atoms with Crippen LogP contribution in [-0.4, -0.2) is 54.8 Å². The van der Waals surface area contributed by atoms with Crippen molar-refractivity contribution in [1.29, 1.82) is 0 Å². The summed E-state index contributed by atoms with van der Waals surface area (Å²) >= 11 is 1.22. The fourth-order valence-corrected chi connectivity index (χ4v) is 5.22. The minimum Gasteiger partial charge on any atom is -0.480 e. The number of aliphatic carboxylic acids is 1. The number of ketones is 1. The van der Waals surface area contributed by atoms with Crippen LogP contribution in [0.25, 0.3) is 6.08 Å². The van der Waals surface area contributed by atoms with E-state index < -0.39 is 17.8 Å². The number of likely N-dealkylation sites (tertiary alicyclic amines) is 1. The maximum absolute atomic E-state index is 14.8. The number of rotatable bonds is 8. The van der Waals surface area contributed by atoms with Crippen molar-refractivity contribution >= 4 is 47.1 Å². The van der Waals surface area contributed by atoms with Gasteiger partial charge in [0.25, 0.3) is 0 Å². The number of nitrogens with zero attached hydrogens (tertiary/aromatic N) is 3. The van der Waals surface area contributed by atoms with E-state index in [1.807, 2.05) is 4.90 Å². The summed E-state index contributed by atoms with van der Waals surface area (Å²) in [5.74, 6) is -0.925. The largest absolute Gasteiger partial charge is 0.480 e. The molecule has 1 N–H and O–H groups in total. The maximum atomic E-state index is 14.8. The smallest absolute Gasteiger partial charge is 0.323 e. The van der Waals surface area contributed by atoms with E-state index in [-0.39, 0.29) is 41.0 Å². The molecule has 34 heavy (non-hydrogen) atoms. The monoisotopic (exact) mass is 507 g/mol. The second-order valence-electron chi connectivity index (χ2n) is 8.48. The van der Waals surface area contributed by atoms with E-state index in [1.54, 1.807) is 30.5 Å². The van der Waals surface area contributed by atoms with Crippen molar-refractivity contribution < 1.29 is 23.9 Å². The first kappa shape index (κ1) is 26.1. The van der Waals surface area contributed by atoms with Gasteiger partial charge in [-0.3, -0.25) is 19.3 Å². The predicted molar refractivity (Wildman–Crippen MR) is 130 cm³/mol. The van der Waals surface area contributed by atoms with Crippen LogP contribution >= 0.6 is 24.2 Å². The number of hydrogen-bond acceptors (Lipinski definition) is 6. The summed E-state index contributed by atoms with van der Waals surface area (Å²) in [6.07, 6.45) is 7.19. The molecule has 2 heterocycles. The van der Waals surface area contributed by atoms with Gasteiger partial charge in [0.05, 0.1) is 6.04 Å². The highest BCUT2D eigenvalue weighted by Crippen LogP contribution is 2.40. The van der Waals surface area contributed by atoms with Gasteiger partial charge in [-0.25, -0.2) is 9.37 Å². The molecule has 1 aliphatic carbocycles. The Labute approximate surface area is 207 Å². The minimum absolute atomic E-state index is 0. The molecule has 1 aromatic carbocycles. The van der Waals surface area contributed by atoms with Crippen LogP contribution in [0.1, 0.15) is 43.6 Å². The quantitative estimate of drug-likeness (QED) is 0.577. The predicted octanol–water partition coefficient (Wildman–Crippen LogP) is 3.99. The van der Waals surface area contributed by atoms with Gasteiger partial charge in [0.15, 0.2) is 10.9 Å². The average Bonchev–Trinajstić information content (AvgIpc) is 3.53. The van der Waals surface area contributed by atoms with Crippen molar-refractivity contribution in [2.45, 2.75) is 44.0 Å². The van der Waals surface area contributed by atoms with Crippen LogP contribution in [0.2, 0.25) is 0 Å². The SMILES string of the molecule is CC(=O)SC1CCN(C(C(=O)C2CC2)c2ccccc2F)C/C1=C\c1nccn1CC(=O)O.Cl. The second-order valence-corrected chi connectivity index (χ2v) is 9.86. The van der Waals surface area contributed by atoms with Gasteiger partial charge in [0.1, 0.15) is 18.2 Å². The van der Waals surface area contributed by atoms with Gasteiger partial charge in [-0.15, -0.1) is 12.4 Å². The number of imidazole rings is 1. The number of thioether (sulfide) groups is 1.